The second kappa shape index (κ2) is 8.04. The molecular formula is C13H28N2O. The molecule has 0 aromatic rings. The predicted molar refractivity (Wildman–Crippen MR) is 68.7 cm³/mol. The lowest BCUT2D eigenvalue weighted by Gasteiger charge is -2.33. The maximum absolute atomic E-state index is 5.18. The van der Waals surface area contributed by atoms with Crippen molar-refractivity contribution in [2.24, 2.45) is 11.8 Å². The summed E-state index contributed by atoms with van der Waals surface area (Å²) in [5.41, 5.74) is 0. The number of rotatable bonds is 7. The Hall–Kier alpha value is -0.120. The van der Waals surface area contributed by atoms with Gasteiger partial charge in [0.1, 0.15) is 0 Å². The van der Waals surface area contributed by atoms with Gasteiger partial charge in [-0.05, 0) is 57.8 Å². The first-order chi connectivity index (χ1) is 7.76. The highest BCUT2D eigenvalue weighted by atomic mass is 16.5. The second-order valence-corrected chi connectivity index (χ2v) is 5.20. The molecule has 0 aliphatic carbocycles. The van der Waals surface area contributed by atoms with Crippen LogP contribution in [-0.4, -0.2) is 51.8 Å². The van der Waals surface area contributed by atoms with E-state index < -0.39 is 0 Å². The van der Waals surface area contributed by atoms with E-state index in [0.717, 1.165) is 12.5 Å². The first-order valence-corrected chi connectivity index (χ1v) is 6.62. The Kier molecular flexibility index (Phi) is 7.01. The van der Waals surface area contributed by atoms with Crippen molar-refractivity contribution in [3.8, 4) is 0 Å². The van der Waals surface area contributed by atoms with E-state index in [1.807, 2.05) is 7.05 Å². The van der Waals surface area contributed by atoms with Gasteiger partial charge in [0.25, 0.3) is 0 Å². The van der Waals surface area contributed by atoms with Crippen LogP contribution in [0.4, 0.5) is 0 Å². The van der Waals surface area contributed by atoms with Crippen LogP contribution in [0.1, 0.15) is 26.2 Å². The van der Waals surface area contributed by atoms with Crippen LogP contribution in [0, 0.1) is 11.8 Å². The van der Waals surface area contributed by atoms with E-state index in [4.69, 9.17) is 4.74 Å². The summed E-state index contributed by atoms with van der Waals surface area (Å²) in [6.07, 6.45) is 4.10. The summed E-state index contributed by atoms with van der Waals surface area (Å²) in [6, 6.07) is 0. The van der Waals surface area contributed by atoms with E-state index in [9.17, 15) is 0 Å². The minimum Gasteiger partial charge on any atom is -0.384 e. The molecule has 1 unspecified atom stereocenters. The molecule has 16 heavy (non-hydrogen) atoms. The zero-order valence-corrected chi connectivity index (χ0v) is 11.2. The van der Waals surface area contributed by atoms with Gasteiger partial charge in [-0.3, -0.25) is 0 Å². The zero-order chi connectivity index (χ0) is 11.8. The van der Waals surface area contributed by atoms with Crippen molar-refractivity contribution in [3.63, 3.8) is 0 Å². The number of likely N-dealkylation sites (tertiary alicyclic amines) is 1. The Labute approximate surface area is 101 Å². The summed E-state index contributed by atoms with van der Waals surface area (Å²) in [7, 11) is 3.84. The number of ether oxygens (including phenoxy) is 1. The molecule has 0 bridgehead atoms. The molecular weight excluding hydrogens is 200 g/mol. The Morgan fingerprint density at radius 3 is 2.62 bits per heavy atom. The summed E-state index contributed by atoms with van der Waals surface area (Å²) in [5.74, 6) is 1.61. The maximum atomic E-state index is 5.18. The Balaban J connectivity index is 2.11. The highest BCUT2D eigenvalue weighted by molar-refractivity contribution is 4.74. The average Bonchev–Trinajstić information content (AvgIpc) is 2.28. The van der Waals surface area contributed by atoms with Crippen molar-refractivity contribution >= 4 is 0 Å². The molecule has 96 valence electrons. The summed E-state index contributed by atoms with van der Waals surface area (Å²) >= 11 is 0. The van der Waals surface area contributed by atoms with Crippen LogP contribution in [0.2, 0.25) is 0 Å². The van der Waals surface area contributed by atoms with Crippen LogP contribution in [-0.2, 0) is 4.74 Å². The van der Waals surface area contributed by atoms with Gasteiger partial charge in [-0.1, -0.05) is 6.92 Å². The number of hydrogen-bond acceptors (Lipinski definition) is 3. The molecule has 0 radical (unpaired) electrons. The fourth-order valence-corrected chi connectivity index (χ4v) is 2.58. The SMILES string of the molecule is CNCCC1CCN(CC(C)COC)CC1. The molecule has 1 heterocycles. The van der Waals surface area contributed by atoms with E-state index in [1.165, 1.54) is 45.4 Å². The number of methoxy groups -OCH3 is 1. The van der Waals surface area contributed by atoms with Gasteiger partial charge in [0.15, 0.2) is 0 Å². The molecule has 0 amide bonds. The van der Waals surface area contributed by atoms with E-state index in [2.05, 4.69) is 17.1 Å². The number of nitrogens with one attached hydrogen (secondary N) is 1. The monoisotopic (exact) mass is 228 g/mol. The molecule has 1 fully saturated rings. The van der Waals surface area contributed by atoms with Crippen molar-refractivity contribution in [2.45, 2.75) is 26.2 Å². The van der Waals surface area contributed by atoms with Gasteiger partial charge in [-0.2, -0.15) is 0 Å². The second-order valence-electron chi connectivity index (χ2n) is 5.20. The highest BCUT2D eigenvalue weighted by Gasteiger charge is 2.19. The van der Waals surface area contributed by atoms with Crippen molar-refractivity contribution in [3.05, 3.63) is 0 Å². The van der Waals surface area contributed by atoms with Gasteiger partial charge in [0, 0.05) is 20.3 Å². The number of piperidine rings is 1. The van der Waals surface area contributed by atoms with Crippen LogP contribution in [0.25, 0.3) is 0 Å². The van der Waals surface area contributed by atoms with Crippen LogP contribution >= 0.6 is 0 Å². The molecule has 0 spiro atoms. The Bertz CT molecular complexity index is 167. The summed E-state index contributed by atoms with van der Waals surface area (Å²) in [4.78, 5) is 2.60. The molecule has 1 aliphatic heterocycles. The van der Waals surface area contributed by atoms with E-state index in [-0.39, 0.29) is 0 Å². The van der Waals surface area contributed by atoms with Crippen LogP contribution in [0.3, 0.4) is 0 Å². The van der Waals surface area contributed by atoms with Crippen LogP contribution in [0.5, 0.6) is 0 Å². The minimum absolute atomic E-state index is 0.666. The molecule has 0 aromatic heterocycles. The molecule has 1 saturated heterocycles. The van der Waals surface area contributed by atoms with Crippen LogP contribution < -0.4 is 5.32 Å². The molecule has 3 heteroatoms. The summed E-state index contributed by atoms with van der Waals surface area (Å²) < 4.78 is 5.18. The summed E-state index contributed by atoms with van der Waals surface area (Å²) in [6.45, 7) is 8.10. The molecule has 1 atom stereocenters. The largest absolute Gasteiger partial charge is 0.384 e. The van der Waals surface area contributed by atoms with Gasteiger partial charge >= 0.3 is 0 Å². The molecule has 1 aliphatic rings. The quantitative estimate of drug-likeness (QED) is 0.716. The first-order valence-electron chi connectivity index (χ1n) is 6.62. The smallest absolute Gasteiger partial charge is 0.0500 e. The Morgan fingerprint density at radius 2 is 2.06 bits per heavy atom. The van der Waals surface area contributed by atoms with Gasteiger partial charge in [-0.25, -0.2) is 0 Å². The third-order valence-corrected chi connectivity index (χ3v) is 3.53. The fourth-order valence-electron chi connectivity index (χ4n) is 2.58. The predicted octanol–water partition coefficient (Wildman–Crippen LogP) is 1.59. The Morgan fingerprint density at radius 1 is 1.38 bits per heavy atom. The maximum Gasteiger partial charge on any atom is 0.0500 e. The van der Waals surface area contributed by atoms with Crippen molar-refractivity contribution in [2.75, 3.05) is 46.9 Å². The van der Waals surface area contributed by atoms with E-state index in [0.29, 0.717) is 5.92 Å². The van der Waals surface area contributed by atoms with Gasteiger partial charge < -0.3 is 15.0 Å². The molecule has 0 saturated carbocycles. The van der Waals surface area contributed by atoms with Gasteiger partial charge in [0.2, 0.25) is 0 Å². The third kappa shape index (κ3) is 5.28. The van der Waals surface area contributed by atoms with Crippen molar-refractivity contribution < 1.29 is 4.74 Å². The van der Waals surface area contributed by atoms with Crippen molar-refractivity contribution in [1.82, 2.24) is 10.2 Å². The van der Waals surface area contributed by atoms with E-state index in [1.54, 1.807) is 7.11 Å². The van der Waals surface area contributed by atoms with Crippen molar-refractivity contribution in [1.29, 1.82) is 0 Å². The lowest BCUT2D eigenvalue weighted by Crippen LogP contribution is -2.37. The van der Waals surface area contributed by atoms with Gasteiger partial charge in [-0.15, -0.1) is 0 Å². The van der Waals surface area contributed by atoms with Crippen LogP contribution in [0.15, 0.2) is 0 Å². The minimum atomic E-state index is 0.666. The highest BCUT2D eigenvalue weighted by Crippen LogP contribution is 2.20. The fraction of sp³-hybridized carbons (Fsp3) is 1.00. The number of hydrogen-bond donors (Lipinski definition) is 1. The first kappa shape index (κ1) is 13.9. The zero-order valence-electron chi connectivity index (χ0n) is 11.2. The molecule has 1 N–H and O–H groups in total. The standard InChI is InChI=1S/C13H28N2O/c1-12(11-16-3)10-15-8-5-13(6-9-15)4-7-14-2/h12-14H,4-11H2,1-3H3. The van der Waals surface area contributed by atoms with E-state index >= 15 is 0 Å². The molecule has 3 nitrogen and oxygen atoms in total. The normalized spacial score (nSPS) is 21.2. The lowest BCUT2D eigenvalue weighted by atomic mass is 9.93. The molecule has 0 aromatic carbocycles. The lowest BCUT2D eigenvalue weighted by molar-refractivity contribution is 0.109. The average molecular weight is 228 g/mol. The third-order valence-electron chi connectivity index (χ3n) is 3.53. The molecule has 1 rings (SSSR count). The summed E-state index contributed by atoms with van der Waals surface area (Å²) in [5, 5.41) is 3.25. The topological polar surface area (TPSA) is 24.5 Å². The van der Waals surface area contributed by atoms with Gasteiger partial charge in [0.05, 0.1) is 0 Å². The number of nitrogens with zero attached hydrogens (tertiary/aromatic N) is 1.